The van der Waals surface area contributed by atoms with Crippen molar-refractivity contribution in [2.24, 2.45) is 5.73 Å². The fourth-order valence-electron chi connectivity index (χ4n) is 1.44. The first-order chi connectivity index (χ1) is 5.49. The lowest BCUT2D eigenvalue weighted by Crippen LogP contribution is -2.49. The Morgan fingerprint density at radius 1 is 1.31 bits per heavy atom. The molecule has 0 aromatic heterocycles. The van der Waals surface area contributed by atoms with Crippen molar-refractivity contribution in [1.29, 1.82) is 0 Å². The Hall–Kier alpha value is -0.0000000000000000555. The molecule has 1 heterocycles. The first-order valence-electron chi connectivity index (χ1n) is 4.05. The van der Waals surface area contributed by atoms with E-state index < -0.39 is 18.9 Å². The Kier molecular flexibility index (Phi) is 5.02. The van der Waals surface area contributed by atoms with Crippen molar-refractivity contribution in [3.8, 4) is 0 Å². The SMILES string of the molecule is Cl.NC1CCCCN1CC(F)(F)F. The molecule has 1 rings (SSSR count). The lowest BCUT2D eigenvalue weighted by Gasteiger charge is -2.33. The summed E-state index contributed by atoms with van der Waals surface area (Å²) in [5.41, 5.74) is 5.51. The molecule has 0 spiro atoms. The number of hydrogen-bond acceptors (Lipinski definition) is 2. The average Bonchev–Trinajstić information content (AvgIpc) is 1.91. The molecule has 1 aliphatic heterocycles. The molecule has 1 saturated heterocycles. The quantitative estimate of drug-likeness (QED) is 0.727. The van der Waals surface area contributed by atoms with Gasteiger partial charge in [-0.2, -0.15) is 13.2 Å². The van der Waals surface area contributed by atoms with Gasteiger partial charge in [0.15, 0.2) is 0 Å². The molecule has 0 aliphatic carbocycles. The highest BCUT2D eigenvalue weighted by molar-refractivity contribution is 5.85. The van der Waals surface area contributed by atoms with Crippen LogP contribution in [0, 0.1) is 0 Å². The van der Waals surface area contributed by atoms with Crippen LogP contribution in [-0.4, -0.2) is 30.3 Å². The topological polar surface area (TPSA) is 29.3 Å². The zero-order valence-electron chi connectivity index (χ0n) is 7.18. The van der Waals surface area contributed by atoms with Crippen LogP contribution >= 0.6 is 12.4 Å². The summed E-state index contributed by atoms with van der Waals surface area (Å²) >= 11 is 0. The van der Waals surface area contributed by atoms with Crippen molar-refractivity contribution in [2.75, 3.05) is 13.1 Å². The van der Waals surface area contributed by atoms with Gasteiger partial charge in [0.25, 0.3) is 0 Å². The first-order valence-corrected chi connectivity index (χ1v) is 4.05. The van der Waals surface area contributed by atoms with Crippen LogP contribution in [0.1, 0.15) is 19.3 Å². The van der Waals surface area contributed by atoms with E-state index in [2.05, 4.69) is 0 Å². The zero-order valence-corrected chi connectivity index (χ0v) is 8.00. The highest BCUT2D eigenvalue weighted by atomic mass is 35.5. The van der Waals surface area contributed by atoms with Crippen molar-refractivity contribution in [3.05, 3.63) is 0 Å². The summed E-state index contributed by atoms with van der Waals surface area (Å²) in [5, 5.41) is 0. The minimum atomic E-state index is -4.12. The van der Waals surface area contributed by atoms with E-state index in [1.807, 2.05) is 0 Å². The lowest BCUT2D eigenvalue weighted by molar-refractivity contribution is -0.153. The molecule has 2 nitrogen and oxygen atoms in total. The number of alkyl halides is 3. The van der Waals surface area contributed by atoms with Crippen LogP contribution < -0.4 is 5.73 Å². The van der Waals surface area contributed by atoms with Gasteiger partial charge in [0.1, 0.15) is 0 Å². The molecule has 0 bridgehead atoms. The van der Waals surface area contributed by atoms with Gasteiger partial charge in [-0.3, -0.25) is 4.90 Å². The van der Waals surface area contributed by atoms with Gasteiger partial charge in [-0.05, 0) is 25.8 Å². The normalized spacial score (nSPS) is 25.4. The lowest BCUT2D eigenvalue weighted by atomic mass is 10.1. The van der Waals surface area contributed by atoms with E-state index in [4.69, 9.17) is 5.73 Å². The third-order valence-corrected chi connectivity index (χ3v) is 2.05. The third-order valence-electron chi connectivity index (χ3n) is 2.05. The second-order valence-corrected chi connectivity index (χ2v) is 3.15. The van der Waals surface area contributed by atoms with Crippen LogP contribution in [0.5, 0.6) is 0 Å². The van der Waals surface area contributed by atoms with Crippen molar-refractivity contribution in [2.45, 2.75) is 31.6 Å². The summed E-state index contributed by atoms with van der Waals surface area (Å²) in [6.07, 6.45) is -2.08. The highest BCUT2D eigenvalue weighted by Crippen LogP contribution is 2.21. The average molecular weight is 219 g/mol. The molecule has 2 N–H and O–H groups in total. The van der Waals surface area contributed by atoms with Gasteiger partial charge in [-0.25, -0.2) is 0 Å². The molecule has 0 saturated carbocycles. The number of rotatable bonds is 1. The Morgan fingerprint density at radius 2 is 1.92 bits per heavy atom. The third kappa shape index (κ3) is 4.69. The van der Waals surface area contributed by atoms with Gasteiger partial charge < -0.3 is 5.73 Å². The Labute approximate surface area is 81.7 Å². The summed E-state index contributed by atoms with van der Waals surface area (Å²) in [5.74, 6) is 0. The van der Waals surface area contributed by atoms with E-state index in [1.165, 1.54) is 4.90 Å². The Morgan fingerprint density at radius 3 is 2.38 bits per heavy atom. The Bertz CT molecular complexity index is 151. The highest BCUT2D eigenvalue weighted by Gasteiger charge is 2.33. The van der Waals surface area contributed by atoms with Gasteiger partial charge >= 0.3 is 6.18 Å². The van der Waals surface area contributed by atoms with Crippen LogP contribution in [0.2, 0.25) is 0 Å². The summed E-state index contributed by atoms with van der Waals surface area (Å²) in [7, 11) is 0. The molecule has 1 unspecified atom stereocenters. The number of hydrogen-bond donors (Lipinski definition) is 1. The van der Waals surface area contributed by atoms with E-state index >= 15 is 0 Å². The van der Waals surface area contributed by atoms with Gasteiger partial charge in [-0.15, -0.1) is 12.4 Å². The Balaban J connectivity index is 0.00000144. The van der Waals surface area contributed by atoms with Crippen molar-refractivity contribution >= 4 is 12.4 Å². The van der Waals surface area contributed by atoms with Gasteiger partial charge in [0.05, 0.1) is 12.7 Å². The van der Waals surface area contributed by atoms with Gasteiger partial charge in [0.2, 0.25) is 0 Å². The van der Waals surface area contributed by atoms with Crippen LogP contribution in [0.3, 0.4) is 0 Å². The maximum absolute atomic E-state index is 11.9. The predicted octanol–water partition coefficient (Wildman–Crippen LogP) is 1.74. The second kappa shape index (κ2) is 5.02. The van der Waals surface area contributed by atoms with Crippen LogP contribution in [0.4, 0.5) is 13.2 Å². The van der Waals surface area contributed by atoms with Gasteiger partial charge in [0, 0.05) is 0 Å². The molecule has 1 aliphatic rings. The summed E-state index contributed by atoms with van der Waals surface area (Å²) < 4.78 is 35.7. The fraction of sp³-hybridized carbons (Fsp3) is 1.00. The van der Waals surface area contributed by atoms with E-state index in [9.17, 15) is 13.2 Å². The number of nitrogens with zero attached hydrogens (tertiary/aromatic N) is 1. The number of nitrogens with two attached hydrogens (primary N) is 1. The fourth-order valence-corrected chi connectivity index (χ4v) is 1.44. The maximum Gasteiger partial charge on any atom is 0.401 e. The number of piperidine rings is 1. The molecule has 80 valence electrons. The number of halogens is 4. The molecule has 0 amide bonds. The monoisotopic (exact) mass is 218 g/mol. The summed E-state index contributed by atoms with van der Waals surface area (Å²) in [6, 6.07) is 0. The molecule has 1 fully saturated rings. The maximum atomic E-state index is 11.9. The largest absolute Gasteiger partial charge is 0.401 e. The first kappa shape index (κ1) is 13.0. The molecule has 0 aromatic rings. The van der Waals surface area contributed by atoms with E-state index in [1.54, 1.807) is 0 Å². The van der Waals surface area contributed by atoms with Crippen molar-refractivity contribution in [1.82, 2.24) is 4.90 Å². The minimum Gasteiger partial charge on any atom is -0.316 e. The summed E-state index contributed by atoms with van der Waals surface area (Å²) in [6.45, 7) is -0.394. The molecule has 0 aromatic carbocycles. The van der Waals surface area contributed by atoms with Crippen LogP contribution in [-0.2, 0) is 0 Å². The summed E-state index contributed by atoms with van der Waals surface area (Å²) in [4.78, 5) is 1.30. The molecule has 0 radical (unpaired) electrons. The van der Waals surface area contributed by atoms with Crippen LogP contribution in [0.25, 0.3) is 0 Å². The predicted molar refractivity (Wildman–Crippen MR) is 46.7 cm³/mol. The van der Waals surface area contributed by atoms with Crippen LogP contribution in [0.15, 0.2) is 0 Å². The molecular formula is C7H14ClF3N2. The van der Waals surface area contributed by atoms with Crippen molar-refractivity contribution in [3.63, 3.8) is 0 Å². The smallest absolute Gasteiger partial charge is 0.316 e. The molecule has 6 heteroatoms. The van der Waals surface area contributed by atoms with E-state index in [0.717, 1.165) is 12.8 Å². The van der Waals surface area contributed by atoms with Crippen molar-refractivity contribution < 1.29 is 13.2 Å². The minimum absolute atomic E-state index is 0. The van der Waals surface area contributed by atoms with Gasteiger partial charge in [-0.1, -0.05) is 0 Å². The standard InChI is InChI=1S/C7H13F3N2.ClH/c8-7(9,10)5-12-4-2-1-3-6(12)11;/h6H,1-5,11H2;1H. The molecular weight excluding hydrogens is 205 g/mol. The zero-order chi connectivity index (χ0) is 9.19. The van der Waals surface area contributed by atoms with E-state index in [0.29, 0.717) is 13.0 Å². The molecule has 13 heavy (non-hydrogen) atoms. The molecule has 1 atom stereocenters. The van der Waals surface area contributed by atoms with E-state index in [-0.39, 0.29) is 12.4 Å². The second-order valence-electron chi connectivity index (χ2n) is 3.15. The number of likely N-dealkylation sites (tertiary alicyclic amines) is 1.